The van der Waals surface area contributed by atoms with E-state index in [1.54, 1.807) is 0 Å². The lowest BCUT2D eigenvalue weighted by Crippen LogP contribution is -2.49. The smallest absolute Gasteiger partial charge is 0.362 e. The third-order valence-corrected chi connectivity index (χ3v) is 4.87. The number of halogens is 6. The van der Waals surface area contributed by atoms with Gasteiger partial charge in [0.15, 0.2) is 0 Å². The highest BCUT2D eigenvalue weighted by Gasteiger charge is 2.37. The number of carbonyl (C=O) groups excluding carboxylic acids is 1. The number of rotatable bonds is 3. The topological polar surface area (TPSA) is 66.7 Å². The Labute approximate surface area is 171 Å². The Kier molecular flexibility index (Phi) is 5.83. The molecule has 2 aromatic rings. The third kappa shape index (κ3) is 4.72. The van der Waals surface area contributed by atoms with Gasteiger partial charge in [0.25, 0.3) is 11.6 Å². The van der Waals surface area contributed by atoms with Crippen LogP contribution in [0.1, 0.15) is 21.5 Å². The summed E-state index contributed by atoms with van der Waals surface area (Å²) in [5.74, 6) is -0.838. The lowest BCUT2D eigenvalue weighted by Gasteiger charge is -2.36. The maximum Gasteiger partial charge on any atom is 0.417 e. The van der Waals surface area contributed by atoms with Gasteiger partial charge in [-0.15, -0.1) is 0 Å². The van der Waals surface area contributed by atoms with Gasteiger partial charge in [0, 0.05) is 32.2 Å². The van der Waals surface area contributed by atoms with E-state index in [9.17, 15) is 41.3 Å². The van der Waals surface area contributed by atoms with E-state index >= 15 is 0 Å². The zero-order chi connectivity index (χ0) is 23.0. The number of anilines is 1. The predicted octanol–water partition coefficient (Wildman–Crippen LogP) is 4.59. The van der Waals surface area contributed by atoms with Crippen LogP contribution in [-0.4, -0.2) is 41.9 Å². The summed E-state index contributed by atoms with van der Waals surface area (Å²) in [6.07, 6.45) is -9.46. The molecule has 6 nitrogen and oxygen atoms in total. The Bertz CT molecular complexity index is 998. The van der Waals surface area contributed by atoms with Crippen LogP contribution in [0, 0.1) is 10.1 Å². The molecule has 1 aliphatic rings. The van der Waals surface area contributed by atoms with Crippen LogP contribution < -0.4 is 4.90 Å². The third-order valence-electron chi connectivity index (χ3n) is 4.87. The Hall–Kier alpha value is -3.31. The highest BCUT2D eigenvalue weighted by molar-refractivity contribution is 5.96. The quantitative estimate of drug-likeness (QED) is 0.392. The van der Waals surface area contributed by atoms with Crippen LogP contribution in [0.2, 0.25) is 0 Å². The number of nitrogens with zero attached hydrogens (tertiary/aromatic N) is 3. The van der Waals surface area contributed by atoms with E-state index < -0.39 is 45.6 Å². The first-order valence-electron chi connectivity index (χ1n) is 8.95. The van der Waals surface area contributed by atoms with Gasteiger partial charge in [-0.25, -0.2) is 0 Å². The monoisotopic (exact) mass is 447 g/mol. The molecule has 0 bridgehead atoms. The van der Waals surface area contributed by atoms with Gasteiger partial charge in [0.2, 0.25) is 0 Å². The molecule has 0 aliphatic carbocycles. The number of hydrogen-bond acceptors (Lipinski definition) is 4. The normalized spacial score (nSPS) is 15.2. The second-order valence-corrected chi connectivity index (χ2v) is 6.78. The fourth-order valence-corrected chi connectivity index (χ4v) is 3.35. The summed E-state index contributed by atoms with van der Waals surface area (Å²) in [6.45, 7) is -0.0926. The SMILES string of the molecule is O=C(c1ccccc1C(F)(F)F)N1CCN(c2ccc(C(F)(F)F)cc2[N+](=O)[O-])CC1. The van der Waals surface area contributed by atoms with Gasteiger partial charge >= 0.3 is 12.4 Å². The van der Waals surface area contributed by atoms with Gasteiger partial charge in [-0.3, -0.25) is 14.9 Å². The molecule has 3 rings (SSSR count). The van der Waals surface area contributed by atoms with Crippen molar-refractivity contribution in [1.82, 2.24) is 4.90 Å². The number of carbonyl (C=O) groups is 1. The minimum absolute atomic E-state index is 0.00608. The number of nitro benzene ring substituents is 1. The zero-order valence-electron chi connectivity index (χ0n) is 15.7. The summed E-state index contributed by atoms with van der Waals surface area (Å²) in [7, 11) is 0. The van der Waals surface area contributed by atoms with Crippen LogP contribution in [0.3, 0.4) is 0 Å². The fourth-order valence-electron chi connectivity index (χ4n) is 3.35. The zero-order valence-corrected chi connectivity index (χ0v) is 15.7. The van der Waals surface area contributed by atoms with Crippen LogP contribution in [0.15, 0.2) is 42.5 Å². The summed E-state index contributed by atoms with van der Waals surface area (Å²) in [6, 6.07) is 6.49. The minimum Gasteiger partial charge on any atom is -0.362 e. The average molecular weight is 447 g/mol. The molecule has 0 spiro atoms. The molecule has 0 N–H and O–H groups in total. The predicted molar refractivity (Wildman–Crippen MR) is 97.7 cm³/mol. The van der Waals surface area contributed by atoms with E-state index in [2.05, 4.69) is 0 Å². The summed E-state index contributed by atoms with van der Waals surface area (Å²) in [4.78, 5) is 25.6. The van der Waals surface area contributed by atoms with Crippen molar-refractivity contribution >= 4 is 17.3 Å². The van der Waals surface area contributed by atoms with Crippen LogP contribution in [0.25, 0.3) is 0 Å². The van der Waals surface area contributed by atoms with Gasteiger partial charge in [-0.2, -0.15) is 26.3 Å². The first-order valence-corrected chi connectivity index (χ1v) is 8.95. The number of alkyl halides is 6. The molecule has 1 aliphatic heterocycles. The molecule has 2 aromatic carbocycles. The first-order chi connectivity index (χ1) is 14.4. The molecule has 0 radical (unpaired) electrons. The molecule has 31 heavy (non-hydrogen) atoms. The summed E-state index contributed by atoms with van der Waals surface area (Å²) in [5, 5.41) is 11.3. The van der Waals surface area contributed by atoms with Gasteiger partial charge in [0.1, 0.15) is 5.69 Å². The van der Waals surface area contributed by atoms with Crippen molar-refractivity contribution in [3.8, 4) is 0 Å². The van der Waals surface area contributed by atoms with Crippen LogP contribution in [0.4, 0.5) is 37.7 Å². The molecule has 1 fully saturated rings. The van der Waals surface area contributed by atoms with E-state index in [0.29, 0.717) is 6.07 Å². The van der Waals surface area contributed by atoms with E-state index in [4.69, 9.17) is 0 Å². The Morgan fingerprint density at radius 2 is 1.52 bits per heavy atom. The highest BCUT2D eigenvalue weighted by Crippen LogP contribution is 2.37. The number of benzene rings is 2. The second kappa shape index (κ2) is 8.08. The summed E-state index contributed by atoms with van der Waals surface area (Å²) >= 11 is 0. The number of hydrogen-bond donors (Lipinski definition) is 0. The molecule has 1 amide bonds. The van der Waals surface area contributed by atoms with Crippen molar-refractivity contribution in [2.75, 3.05) is 31.1 Å². The Morgan fingerprint density at radius 1 is 0.903 bits per heavy atom. The summed E-state index contributed by atoms with van der Waals surface area (Å²) in [5.41, 5.74) is -3.54. The van der Waals surface area contributed by atoms with Gasteiger partial charge in [-0.05, 0) is 24.3 Å². The number of piperazine rings is 1. The van der Waals surface area contributed by atoms with E-state index in [1.807, 2.05) is 0 Å². The number of nitro groups is 1. The molecule has 1 heterocycles. The standard InChI is InChI=1S/C19H15F6N3O3/c20-18(21,22)12-5-6-15(16(11-12)28(30)31)26-7-9-27(10-8-26)17(29)13-3-1-2-4-14(13)19(23,24)25/h1-6,11H,7-10H2. The Balaban J connectivity index is 1.79. The van der Waals surface area contributed by atoms with Crippen molar-refractivity contribution < 1.29 is 36.1 Å². The maximum atomic E-state index is 13.2. The van der Waals surface area contributed by atoms with Crippen molar-refractivity contribution in [2.24, 2.45) is 0 Å². The first kappa shape index (κ1) is 22.4. The average Bonchev–Trinajstić information content (AvgIpc) is 2.71. The molecule has 0 aromatic heterocycles. The fraction of sp³-hybridized carbons (Fsp3) is 0.316. The Morgan fingerprint density at radius 3 is 2.06 bits per heavy atom. The van der Waals surface area contributed by atoms with Crippen molar-refractivity contribution in [1.29, 1.82) is 0 Å². The molecule has 0 atom stereocenters. The lowest BCUT2D eigenvalue weighted by molar-refractivity contribution is -0.384. The number of amides is 1. The molecule has 1 saturated heterocycles. The molecule has 0 unspecified atom stereocenters. The highest BCUT2D eigenvalue weighted by atomic mass is 19.4. The van der Waals surface area contributed by atoms with Crippen molar-refractivity contribution in [3.63, 3.8) is 0 Å². The molecular weight excluding hydrogens is 432 g/mol. The van der Waals surface area contributed by atoms with E-state index in [1.165, 1.54) is 21.9 Å². The lowest BCUT2D eigenvalue weighted by atomic mass is 10.1. The largest absolute Gasteiger partial charge is 0.417 e. The minimum atomic E-state index is -4.75. The van der Waals surface area contributed by atoms with Gasteiger partial charge < -0.3 is 9.80 Å². The van der Waals surface area contributed by atoms with E-state index in [-0.39, 0.29) is 31.9 Å². The van der Waals surface area contributed by atoms with Crippen molar-refractivity contribution in [3.05, 3.63) is 69.3 Å². The molecule has 12 heteroatoms. The van der Waals surface area contributed by atoms with E-state index in [0.717, 1.165) is 24.3 Å². The van der Waals surface area contributed by atoms with Crippen LogP contribution in [-0.2, 0) is 12.4 Å². The summed E-state index contributed by atoms with van der Waals surface area (Å²) < 4.78 is 78.1. The van der Waals surface area contributed by atoms with Crippen molar-refractivity contribution in [2.45, 2.75) is 12.4 Å². The van der Waals surface area contributed by atoms with Gasteiger partial charge in [-0.1, -0.05) is 12.1 Å². The maximum absolute atomic E-state index is 13.2. The van der Waals surface area contributed by atoms with Crippen LogP contribution >= 0.6 is 0 Å². The molecular formula is C19H15F6N3O3. The second-order valence-electron chi connectivity index (χ2n) is 6.78. The van der Waals surface area contributed by atoms with Crippen LogP contribution in [0.5, 0.6) is 0 Å². The molecule has 166 valence electrons. The van der Waals surface area contributed by atoms with Gasteiger partial charge in [0.05, 0.1) is 21.6 Å². The molecule has 0 saturated carbocycles.